The van der Waals surface area contributed by atoms with Crippen molar-refractivity contribution in [1.29, 1.82) is 0 Å². The second-order valence-corrected chi connectivity index (χ2v) is 5.90. The first-order chi connectivity index (χ1) is 11.5. The molecule has 1 N–H and O–H groups in total. The van der Waals surface area contributed by atoms with Crippen molar-refractivity contribution in [2.45, 2.75) is 27.2 Å². The van der Waals surface area contributed by atoms with E-state index in [9.17, 15) is 5.11 Å². The summed E-state index contributed by atoms with van der Waals surface area (Å²) in [6.07, 6.45) is 2.48. The summed E-state index contributed by atoms with van der Waals surface area (Å²) < 4.78 is 10.8. The minimum absolute atomic E-state index is 0.117. The predicted molar refractivity (Wildman–Crippen MR) is 94.4 cm³/mol. The summed E-state index contributed by atoms with van der Waals surface area (Å²) in [5, 5.41) is 14.4. The van der Waals surface area contributed by atoms with Crippen LogP contribution in [-0.4, -0.2) is 17.4 Å². The largest absolute Gasteiger partial charge is 0.507 e. The van der Waals surface area contributed by atoms with E-state index in [0.717, 1.165) is 23.1 Å². The number of ether oxygens (including phenoxy) is 1. The van der Waals surface area contributed by atoms with Gasteiger partial charge in [0.15, 0.2) is 5.76 Å². The molecule has 1 heterocycles. The molecule has 3 aromatic rings. The van der Waals surface area contributed by atoms with Gasteiger partial charge in [-0.3, -0.25) is 0 Å². The lowest BCUT2D eigenvalue weighted by Gasteiger charge is -2.11. The van der Waals surface area contributed by atoms with Crippen LogP contribution in [0, 0.1) is 13.8 Å². The minimum atomic E-state index is 0.117. The van der Waals surface area contributed by atoms with E-state index in [1.54, 1.807) is 19.4 Å². The van der Waals surface area contributed by atoms with E-state index in [2.05, 4.69) is 31.1 Å². The molecular formula is C20H21NO3. The van der Waals surface area contributed by atoms with Crippen LogP contribution in [0.2, 0.25) is 0 Å². The molecule has 24 heavy (non-hydrogen) atoms. The molecule has 2 aromatic carbocycles. The summed E-state index contributed by atoms with van der Waals surface area (Å²) in [6, 6.07) is 9.75. The third-order valence-electron chi connectivity index (χ3n) is 4.41. The average Bonchev–Trinajstić information content (AvgIpc) is 3.06. The van der Waals surface area contributed by atoms with E-state index in [0.29, 0.717) is 17.1 Å². The number of aryl methyl sites for hydroxylation is 3. The monoisotopic (exact) mass is 323 g/mol. The number of phenolic OH excluding ortho intramolecular Hbond substituents is 1. The zero-order valence-corrected chi connectivity index (χ0v) is 14.4. The first-order valence-corrected chi connectivity index (χ1v) is 7.97. The summed E-state index contributed by atoms with van der Waals surface area (Å²) in [5.41, 5.74) is 5.94. The summed E-state index contributed by atoms with van der Waals surface area (Å²) in [7, 11) is 1.60. The Balaban J connectivity index is 2.15. The molecule has 0 radical (unpaired) electrons. The van der Waals surface area contributed by atoms with E-state index in [-0.39, 0.29) is 5.75 Å². The third-order valence-corrected chi connectivity index (χ3v) is 4.41. The van der Waals surface area contributed by atoms with Crippen LogP contribution in [0.25, 0.3) is 22.5 Å². The molecule has 0 bridgehead atoms. The van der Waals surface area contributed by atoms with Crippen molar-refractivity contribution < 1.29 is 14.4 Å². The van der Waals surface area contributed by atoms with Gasteiger partial charge in [-0.25, -0.2) is 0 Å². The molecule has 0 aliphatic heterocycles. The zero-order chi connectivity index (χ0) is 17.3. The molecule has 0 spiro atoms. The third kappa shape index (κ3) is 2.75. The van der Waals surface area contributed by atoms with Gasteiger partial charge in [0.05, 0.1) is 18.9 Å². The van der Waals surface area contributed by atoms with Gasteiger partial charge in [0.2, 0.25) is 0 Å². The van der Waals surface area contributed by atoms with Crippen LogP contribution in [0.4, 0.5) is 0 Å². The maximum absolute atomic E-state index is 10.4. The second kappa shape index (κ2) is 6.40. The van der Waals surface area contributed by atoms with Gasteiger partial charge < -0.3 is 14.4 Å². The topological polar surface area (TPSA) is 55.5 Å². The Morgan fingerprint density at radius 3 is 2.54 bits per heavy atom. The molecule has 124 valence electrons. The van der Waals surface area contributed by atoms with Gasteiger partial charge in [-0.05, 0) is 48.6 Å². The van der Waals surface area contributed by atoms with Crippen LogP contribution >= 0.6 is 0 Å². The molecule has 0 saturated heterocycles. The number of aromatic nitrogens is 1. The van der Waals surface area contributed by atoms with Crippen LogP contribution in [0.5, 0.6) is 11.5 Å². The number of aromatic hydroxyl groups is 1. The number of nitrogens with zero attached hydrogens (tertiary/aromatic N) is 1. The van der Waals surface area contributed by atoms with Crippen LogP contribution in [0.15, 0.2) is 41.1 Å². The number of hydrogen-bond acceptors (Lipinski definition) is 4. The number of hydrogen-bond donors (Lipinski definition) is 1. The van der Waals surface area contributed by atoms with E-state index in [1.165, 1.54) is 11.1 Å². The summed E-state index contributed by atoms with van der Waals surface area (Å²) in [5.74, 6) is 1.35. The molecule has 0 atom stereocenters. The summed E-state index contributed by atoms with van der Waals surface area (Å²) in [4.78, 5) is 0. The Kier molecular flexibility index (Phi) is 4.30. The van der Waals surface area contributed by atoms with Crippen molar-refractivity contribution in [3.8, 4) is 33.9 Å². The smallest absolute Gasteiger partial charge is 0.178 e. The normalized spacial score (nSPS) is 10.8. The van der Waals surface area contributed by atoms with E-state index >= 15 is 0 Å². The van der Waals surface area contributed by atoms with E-state index < -0.39 is 0 Å². The quantitative estimate of drug-likeness (QED) is 0.742. The lowest BCUT2D eigenvalue weighted by Crippen LogP contribution is -1.92. The predicted octanol–water partition coefficient (Wildman–Crippen LogP) is 4.90. The van der Waals surface area contributed by atoms with Gasteiger partial charge >= 0.3 is 0 Å². The summed E-state index contributed by atoms with van der Waals surface area (Å²) >= 11 is 0. The summed E-state index contributed by atoms with van der Waals surface area (Å²) in [6.45, 7) is 6.20. The Hall–Kier alpha value is -2.75. The molecule has 1 aromatic heterocycles. The van der Waals surface area contributed by atoms with Gasteiger partial charge in [-0.15, -0.1) is 0 Å². The standard InChI is InChI=1S/C20H21NO3/c1-5-14-9-16(18(22)10-19(14)23-4)20-17(11-21-24-20)15-7-6-12(2)13(3)8-15/h6-11,22H,5H2,1-4H3. The number of methoxy groups -OCH3 is 1. The minimum Gasteiger partial charge on any atom is -0.507 e. The molecule has 4 heteroatoms. The number of phenols is 1. The van der Waals surface area contributed by atoms with E-state index in [1.807, 2.05) is 19.1 Å². The van der Waals surface area contributed by atoms with Crippen molar-refractivity contribution in [2.24, 2.45) is 0 Å². The lowest BCUT2D eigenvalue weighted by molar-refractivity contribution is 0.401. The first kappa shape index (κ1) is 16.1. The van der Waals surface area contributed by atoms with Crippen molar-refractivity contribution in [3.05, 3.63) is 53.2 Å². The Labute approximate surface area is 141 Å². The molecule has 3 rings (SSSR count). The molecule has 0 unspecified atom stereocenters. The van der Waals surface area contributed by atoms with Gasteiger partial charge in [0, 0.05) is 11.6 Å². The van der Waals surface area contributed by atoms with Crippen LogP contribution < -0.4 is 4.74 Å². The fourth-order valence-corrected chi connectivity index (χ4v) is 2.81. The molecule has 0 aliphatic carbocycles. The van der Waals surface area contributed by atoms with Gasteiger partial charge in [-0.2, -0.15) is 0 Å². The van der Waals surface area contributed by atoms with Gasteiger partial charge in [0.25, 0.3) is 0 Å². The number of benzene rings is 2. The molecular weight excluding hydrogens is 302 g/mol. The average molecular weight is 323 g/mol. The SMILES string of the molecule is CCc1cc(-c2oncc2-c2ccc(C)c(C)c2)c(O)cc1OC. The Morgan fingerprint density at radius 1 is 1.08 bits per heavy atom. The van der Waals surface area contributed by atoms with Crippen molar-refractivity contribution in [2.75, 3.05) is 7.11 Å². The molecule has 0 amide bonds. The molecule has 0 fully saturated rings. The maximum atomic E-state index is 10.4. The highest BCUT2D eigenvalue weighted by Gasteiger charge is 2.19. The molecule has 0 saturated carbocycles. The Morgan fingerprint density at radius 2 is 1.88 bits per heavy atom. The van der Waals surface area contributed by atoms with Crippen LogP contribution in [-0.2, 0) is 6.42 Å². The van der Waals surface area contributed by atoms with E-state index in [4.69, 9.17) is 9.26 Å². The zero-order valence-electron chi connectivity index (χ0n) is 14.4. The lowest BCUT2D eigenvalue weighted by atomic mass is 9.97. The van der Waals surface area contributed by atoms with Crippen molar-refractivity contribution in [1.82, 2.24) is 5.16 Å². The molecule has 0 aliphatic rings. The second-order valence-electron chi connectivity index (χ2n) is 5.90. The van der Waals surface area contributed by atoms with Crippen molar-refractivity contribution >= 4 is 0 Å². The Bertz CT molecular complexity index is 881. The van der Waals surface area contributed by atoms with Gasteiger partial charge in [0.1, 0.15) is 11.5 Å². The highest BCUT2D eigenvalue weighted by Crippen LogP contribution is 2.40. The van der Waals surface area contributed by atoms with Crippen LogP contribution in [0.3, 0.4) is 0 Å². The maximum Gasteiger partial charge on any atom is 0.178 e. The van der Waals surface area contributed by atoms with Crippen LogP contribution in [0.1, 0.15) is 23.6 Å². The van der Waals surface area contributed by atoms with Crippen molar-refractivity contribution in [3.63, 3.8) is 0 Å². The first-order valence-electron chi connectivity index (χ1n) is 7.97. The number of rotatable bonds is 4. The fraction of sp³-hybridized carbons (Fsp3) is 0.250. The highest BCUT2D eigenvalue weighted by molar-refractivity contribution is 5.82. The van der Waals surface area contributed by atoms with Gasteiger partial charge in [-0.1, -0.05) is 30.3 Å². The molecule has 4 nitrogen and oxygen atoms in total. The fourth-order valence-electron chi connectivity index (χ4n) is 2.81. The highest BCUT2D eigenvalue weighted by atomic mass is 16.5.